The number of carbonyl (C=O) groups is 1. The molecule has 1 aliphatic rings. The standard InChI is InChI=1S/C25H26N2O3S/c1-19-9-14-23(15-10-19)31(29,30)27-17-5-8-21-12-13-22(18-24(21)27)26-25(28)16-11-20-6-3-2-4-7-20/h2-4,6-7,9-10,12-15,18H,5,8,11,16-17H2,1H3,(H,26,28). The second-order valence-electron chi connectivity index (χ2n) is 7.87. The van der Waals surface area contributed by atoms with E-state index in [9.17, 15) is 13.2 Å². The number of benzene rings is 3. The molecule has 31 heavy (non-hydrogen) atoms. The van der Waals surface area contributed by atoms with Crippen LogP contribution in [0.15, 0.2) is 77.7 Å². The van der Waals surface area contributed by atoms with Crippen LogP contribution in [0.1, 0.15) is 29.5 Å². The van der Waals surface area contributed by atoms with E-state index < -0.39 is 10.0 Å². The first-order valence-corrected chi connectivity index (χ1v) is 11.9. The highest BCUT2D eigenvalue weighted by molar-refractivity contribution is 7.92. The normalized spacial score (nSPS) is 13.5. The number of rotatable bonds is 6. The largest absolute Gasteiger partial charge is 0.326 e. The van der Waals surface area contributed by atoms with E-state index in [4.69, 9.17) is 0 Å². The van der Waals surface area contributed by atoms with Crippen molar-refractivity contribution in [3.63, 3.8) is 0 Å². The van der Waals surface area contributed by atoms with E-state index in [1.807, 2.05) is 49.4 Å². The Bertz CT molecular complexity index is 1170. The molecule has 0 aromatic heterocycles. The SMILES string of the molecule is Cc1ccc(S(=O)(=O)N2CCCc3ccc(NC(=O)CCc4ccccc4)cc32)cc1. The average molecular weight is 435 g/mol. The van der Waals surface area contributed by atoms with E-state index in [-0.39, 0.29) is 10.8 Å². The van der Waals surface area contributed by atoms with Gasteiger partial charge in [-0.2, -0.15) is 0 Å². The van der Waals surface area contributed by atoms with Crippen molar-refractivity contribution < 1.29 is 13.2 Å². The van der Waals surface area contributed by atoms with Crippen LogP contribution in [-0.4, -0.2) is 20.9 Å². The monoisotopic (exact) mass is 434 g/mol. The van der Waals surface area contributed by atoms with Gasteiger partial charge >= 0.3 is 0 Å². The molecule has 160 valence electrons. The minimum atomic E-state index is -3.66. The second-order valence-corrected chi connectivity index (χ2v) is 9.73. The number of nitrogens with zero attached hydrogens (tertiary/aromatic N) is 1. The molecule has 5 nitrogen and oxygen atoms in total. The van der Waals surface area contributed by atoms with Crippen molar-refractivity contribution in [2.24, 2.45) is 0 Å². The first kappa shape index (κ1) is 21.1. The Balaban J connectivity index is 1.53. The maximum absolute atomic E-state index is 13.3. The Morgan fingerprint density at radius 2 is 1.74 bits per heavy atom. The molecular weight excluding hydrogens is 408 g/mol. The van der Waals surface area contributed by atoms with Crippen LogP contribution in [0.4, 0.5) is 11.4 Å². The molecule has 3 aromatic carbocycles. The summed E-state index contributed by atoms with van der Waals surface area (Å²) in [6.07, 6.45) is 2.61. The molecule has 0 spiro atoms. The van der Waals surface area contributed by atoms with Crippen LogP contribution in [0.25, 0.3) is 0 Å². The summed E-state index contributed by atoms with van der Waals surface area (Å²) in [6, 6.07) is 22.3. The van der Waals surface area contributed by atoms with Crippen molar-refractivity contribution in [1.82, 2.24) is 0 Å². The van der Waals surface area contributed by atoms with Crippen molar-refractivity contribution >= 4 is 27.3 Å². The summed E-state index contributed by atoms with van der Waals surface area (Å²) in [6.45, 7) is 2.36. The van der Waals surface area contributed by atoms with Gasteiger partial charge in [0.05, 0.1) is 10.6 Å². The van der Waals surface area contributed by atoms with Gasteiger partial charge in [0.1, 0.15) is 0 Å². The molecule has 0 radical (unpaired) electrons. The first-order chi connectivity index (χ1) is 14.9. The van der Waals surface area contributed by atoms with E-state index in [0.717, 1.165) is 29.5 Å². The van der Waals surface area contributed by atoms with Crippen molar-refractivity contribution in [3.05, 3.63) is 89.5 Å². The molecule has 1 aliphatic heterocycles. The lowest BCUT2D eigenvalue weighted by atomic mass is 10.0. The number of hydrogen-bond acceptors (Lipinski definition) is 3. The van der Waals surface area contributed by atoms with Gasteiger partial charge < -0.3 is 5.32 Å². The lowest BCUT2D eigenvalue weighted by molar-refractivity contribution is -0.116. The lowest BCUT2D eigenvalue weighted by Crippen LogP contribution is -2.35. The molecule has 1 heterocycles. The maximum Gasteiger partial charge on any atom is 0.264 e. The highest BCUT2D eigenvalue weighted by atomic mass is 32.2. The van der Waals surface area contributed by atoms with Crippen LogP contribution in [-0.2, 0) is 27.7 Å². The van der Waals surface area contributed by atoms with Gasteiger partial charge in [-0.3, -0.25) is 9.10 Å². The third kappa shape index (κ3) is 4.80. The zero-order chi connectivity index (χ0) is 21.8. The van der Waals surface area contributed by atoms with Gasteiger partial charge in [-0.15, -0.1) is 0 Å². The molecule has 6 heteroatoms. The topological polar surface area (TPSA) is 66.5 Å². The fraction of sp³-hybridized carbons (Fsp3) is 0.240. The van der Waals surface area contributed by atoms with E-state index in [0.29, 0.717) is 30.8 Å². The molecule has 0 aliphatic carbocycles. The van der Waals surface area contributed by atoms with Gasteiger partial charge in [-0.05, 0) is 61.6 Å². The number of sulfonamides is 1. The summed E-state index contributed by atoms with van der Waals surface area (Å²) in [7, 11) is -3.66. The fourth-order valence-electron chi connectivity index (χ4n) is 3.83. The Kier molecular flexibility index (Phi) is 6.09. The third-order valence-electron chi connectivity index (χ3n) is 5.54. The maximum atomic E-state index is 13.3. The van der Waals surface area contributed by atoms with Gasteiger partial charge in [-0.1, -0.05) is 54.1 Å². The summed E-state index contributed by atoms with van der Waals surface area (Å²) < 4.78 is 28.1. The highest BCUT2D eigenvalue weighted by Gasteiger charge is 2.29. The zero-order valence-corrected chi connectivity index (χ0v) is 18.4. The minimum absolute atomic E-state index is 0.0902. The van der Waals surface area contributed by atoms with Gasteiger partial charge in [0.25, 0.3) is 10.0 Å². The lowest BCUT2D eigenvalue weighted by Gasteiger charge is -2.31. The molecule has 0 unspecified atom stereocenters. The van der Waals surface area contributed by atoms with Gasteiger partial charge in [0.2, 0.25) is 5.91 Å². The molecule has 0 saturated heterocycles. The number of aryl methyl sites for hydroxylation is 3. The summed E-state index contributed by atoms with van der Waals surface area (Å²) in [4.78, 5) is 12.7. The number of hydrogen-bond donors (Lipinski definition) is 1. The van der Waals surface area contributed by atoms with Gasteiger partial charge in [0, 0.05) is 18.7 Å². The van der Waals surface area contributed by atoms with E-state index in [1.165, 1.54) is 4.31 Å². The predicted molar refractivity (Wildman–Crippen MR) is 124 cm³/mol. The summed E-state index contributed by atoms with van der Waals surface area (Å²) in [5.41, 5.74) is 4.36. The second kappa shape index (κ2) is 8.94. The van der Waals surface area contributed by atoms with Crippen LogP contribution in [0, 0.1) is 6.92 Å². The van der Waals surface area contributed by atoms with Crippen molar-refractivity contribution in [1.29, 1.82) is 0 Å². The molecule has 0 saturated carbocycles. The highest BCUT2D eigenvalue weighted by Crippen LogP contribution is 2.34. The van der Waals surface area contributed by atoms with E-state index in [1.54, 1.807) is 30.3 Å². The molecule has 3 aromatic rings. The van der Waals surface area contributed by atoms with Crippen LogP contribution < -0.4 is 9.62 Å². The Labute approximate surface area is 183 Å². The number of amides is 1. The van der Waals surface area contributed by atoms with Crippen molar-refractivity contribution in [2.75, 3.05) is 16.2 Å². The molecule has 0 atom stereocenters. The van der Waals surface area contributed by atoms with Gasteiger partial charge in [0.15, 0.2) is 0 Å². The third-order valence-corrected chi connectivity index (χ3v) is 7.37. The fourth-order valence-corrected chi connectivity index (χ4v) is 5.36. The Morgan fingerprint density at radius 3 is 2.48 bits per heavy atom. The quantitative estimate of drug-likeness (QED) is 0.611. The number of anilines is 2. The minimum Gasteiger partial charge on any atom is -0.326 e. The predicted octanol–water partition coefficient (Wildman–Crippen LogP) is 4.71. The zero-order valence-electron chi connectivity index (χ0n) is 17.5. The Hall–Kier alpha value is -3.12. The van der Waals surface area contributed by atoms with Crippen molar-refractivity contribution in [3.8, 4) is 0 Å². The van der Waals surface area contributed by atoms with E-state index in [2.05, 4.69) is 5.32 Å². The molecule has 1 amide bonds. The molecule has 0 fully saturated rings. The number of nitrogens with one attached hydrogen (secondary N) is 1. The summed E-state index contributed by atoms with van der Waals surface area (Å²) in [5, 5.41) is 2.92. The van der Waals surface area contributed by atoms with E-state index >= 15 is 0 Å². The molecule has 1 N–H and O–H groups in total. The Morgan fingerprint density at radius 1 is 1.00 bits per heavy atom. The van der Waals surface area contributed by atoms with Crippen molar-refractivity contribution in [2.45, 2.75) is 37.5 Å². The molecule has 4 rings (SSSR count). The first-order valence-electron chi connectivity index (χ1n) is 10.5. The number of carbonyl (C=O) groups excluding carboxylic acids is 1. The number of fused-ring (bicyclic) bond motifs is 1. The van der Waals surface area contributed by atoms with Gasteiger partial charge in [-0.25, -0.2) is 8.42 Å². The van der Waals surface area contributed by atoms with Crippen LogP contribution in [0.5, 0.6) is 0 Å². The van der Waals surface area contributed by atoms with Crippen LogP contribution >= 0.6 is 0 Å². The van der Waals surface area contributed by atoms with Crippen LogP contribution in [0.2, 0.25) is 0 Å². The summed E-state index contributed by atoms with van der Waals surface area (Å²) >= 11 is 0. The van der Waals surface area contributed by atoms with Crippen LogP contribution in [0.3, 0.4) is 0 Å². The molecule has 0 bridgehead atoms. The molecular formula is C25H26N2O3S. The smallest absolute Gasteiger partial charge is 0.264 e. The average Bonchev–Trinajstić information content (AvgIpc) is 2.78. The summed E-state index contributed by atoms with van der Waals surface area (Å²) in [5.74, 6) is -0.0902.